The molecule has 1 N–H and O–H groups in total. The van der Waals surface area contributed by atoms with Crippen LogP contribution in [-0.2, 0) is 12.1 Å². The van der Waals surface area contributed by atoms with Crippen molar-refractivity contribution in [2.45, 2.75) is 24.9 Å². The molecule has 0 amide bonds. The van der Waals surface area contributed by atoms with Gasteiger partial charge in [-0.1, -0.05) is 0 Å². The van der Waals surface area contributed by atoms with E-state index in [-0.39, 0.29) is 5.41 Å². The molecule has 1 aliphatic carbocycles. The van der Waals surface area contributed by atoms with Crippen molar-refractivity contribution in [2.75, 3.05) is 34.6 Å². The van der Waals surface area contributed by atoms with E-state index in [4.69, 9.17) is 0 Å². The average Bonchev–Trinajstić information content (AvgIpc) is 2.54. The molecule has 1 saturated heterocycles. The normalized spacial score (nSPS) is 18.5. The van der Waals surface area contributed by atoms with Crippen molar-refractivity contribution in [2.24, 2.45) is 11.3 Å². The van der Waals surface area contributed by atoms with Crippen molar-refractivity contribution in [3.8, 4) is 5.88 Å². The standard InChI is InChI=1S/C14H15F5N2O.2CH3F/c1-22-11-9(2-3-10(21-11)14(17,18)19)13(15,16)8-4-12(5-8)6-20-7-12;2*1-2/h2-3,8,20H,4-7H2,1H3;2*1H3. The SMILES string of the molecule is CF.CF.COc1nc(C(F)(F)F)ccc1C(F)(F)C1CC2(CNC2)C1. The summed E-state index contributed by atoms with van der Waals surface area (Å²) in [6.07, 6.45) is -3.98. The van der Waals surface area contributed by atoms with Crippen LogP contribution in [0.15, 0.2) is 12.1 Å². The largest absolute Gasteiger partial charge is 0.481 e. The van der Waals surface area contributed by atoms with Crippen LogP contribution in [0.1, 0.15) is 24.1 Å². The lowest BCUT2D eigenvalue weighted by molar-refractivity contribution is -0.157. The summed E-state index contributed by atoms with van der Waals surface area (Å²) >= 11 is 0. The predicted molar refractivity (Wildman–Crippen MR) is 81.8 cm³/mol. The summed E-state index contributed by atoms with van der Waals surface area (Å²) < 4.78 is 90.6. The van der Waals surface area contributed by atoms with Gasteiger partial charge in [0.2, 0.25) is 5.88 Å². The molecule has 2 fully saturated rings. The number of hydrogen-bond donors (Lipinski definition) is 1. The second-order valence-electron chi connectivity index (χ2n) is 6.08. The van der Waals surface area contributed by atoms with Gasteiger partial charge in [-0.05, 0) is 30.4 Å². The lowest BCUT2D eigenvalue weighted by Gasteiger charge is -2.56. The van der Waals surface area contributed by atoms with Crippen molar-refractivity contribution in [1.29, 1.82) is 0 Å². The van der Waals surface area contributed by atoms with Gasteiger partial charge in [-0.2, -0.15) is 13.2 Å². The van der Waals surface area contributed by atoms with Crippen molar-refractivity contribution >= 4 is 0 Å². The molecule has 1 saturated carbocycles. The highest BCUT2D eigenvalue weighted by Gasteiger charge is 2.58. The fourth-order valence-electron chi connectivity index (χ4n) is 3.24. The third-order valence-corrected chi connectivity index (χ3v) is 4.57. The zero-order chi connectivity index (χ0) is 20.2. The Bertz CT molecular complexity index is 580. The van der Waals surface area contributed by atoms with Crippen molar-refractivity contribution in [3.05, 3.63) is 23.4 Å². The van der Waals surface area contributed by atoms with E-state index in [2.05, 4.69) is 15.0 Å². The second-order valence-corrected chi connectivity index (χ2v) is 6.08. The van der Waals surface area contributed by atoms with E-state index in [1.807, 2.05) is 0 Å². The van der Waals surface area contributed by atoms with Gasteiger partial charge in [0.1, 0.15) is 5.69 Å². The number of ether oxygens (including phenoxy) is 1. The summed E-state index contributed by atoms with van der Waals surface area (Å²) in [6.45, 7) is 1.45. The van der Waals surface area contributed by atoms with E-state index in [1.54, 1.807) is 0 Å². The Balaban J connectivity index is 0.000000791. The fourth-order valence-corrected chi connectivity index (χ4v) is 3.24. The van der Waals surface area contributed by atoms with Crippen LogP contribution in [0.3, 0.4) is 0 Å². The first kappa shape index (κ1) is 22.5. The molecule has 1 aromatic heterocycles. The highest BCUT2D eigenvalue weighted by molar-refractivity contribution is 5.34. The first-order valence-electron chi connectivity index (χ1n) is 7.65. The van der Waals surface area contributed by atoms with Crippen LogP contribution in [0.2, 0.25) is 0 Å². The molecule has 150 valence electrons. The maximum atomic E-state index is 14.6. The molecule has 1 aliphatic heterocycles. The van der Waals surface area contributed by atoms with Gasteiger partial charge in [-0.15, -0.1) is 0 Å². The van der Waals surface area contributed by atoms with Crippen molar-refractivity contribution in [1.82, 2.24) is 10.3 Å². The van der Waals surface area contributed by atoms with Gasteiger partial charge < -0.3 is 10.1 Å². The van der Waals surface area contributed by atoms with Gasteiger partial charge in [-0.25, -0.2) is 13.8 Å². The minimum Gasteiger partial charge on any atom is -0.481 e. The molecule has 2 aliphatic rings. The Morgan fingerprint density at radius 1 is 1.04 bits per heavy atom. The van der Waals surface area contributed by atoms with E-state index in [1.165, 1.54) is 0 Å². The fraction of sp³-hybridized carbons (Fsp3) is 0.688. The van der Waals surface area contributed by atoms with Gasteiger partial charge in [0.25, 0.3) is 5.92 Å². The molecule has 1 spiro atoms. The Hall–Kier alpha value is -1.58. The quantitative estimate of drug-likeness (QED) is 0.779. The molecule has 1 aromatic rings. The Morgan fingerprint density at radius 3 is 1.96 bits per heavy atom. The Kier molecular flexibility index (Phi) is 7.26. The van der Waals surface area contributed by atoms with Crippen LogP contribution in [-0.4, -0.2) is 39.5 Å². The van der Waals surface area contributed by atoms with E-state index in [0.29, 0.717) is 33.3 Å². The first-order chi connectivity index (χ1) is 12.2. The van der Waals surface area contributed by atoms with Gasteiger partial charge in [0.05, 0.1) is 27.0 Å². The molecule has 3 nitrogen and oxygen atoms in total. The van der Waals surface area contributed by atoms with Gasteiger partial charge in [0, 0.05) is 19.0 Å². The van der Waals surface area contributed by atoms with Crippen molar-refractivity contribution in [3.63, 3.8) is 0 Å². The number of pyridine rings is 1. The number of hydrogen-bond acceptors (Lipinski definition) is 3. The number of methoxy groups -OCH3 is 1. The summed E-state index contributed by atoms with van der Waals surface area (Å²) in [6, 6.07) is 1.35. The Labute approximate surface area is 146 Å². The Morgan fingerprint density at radius 2 is 1.58 bits per heavy atom. The number of alkyl halides is 7. The monoisotopic (exact) mass is 390 g/mol. The molecular weight excluding hydrogens is 369 g/mol. The number of nitrogens with one attached hydrogen (secondary N) is 1. The van der Waals surface area contributed by atoms with E-state index >= 15 is 0 Å². The van der Waals surface area contributed by atoms with Crippen LogP contribution in [0.25, 0.3) is 0 Å². The molecule has 2 heterocycles. The predicted octanol–water partition coefficient (Wildman–Crippen LogP) is 4.37. The topological polar surface area (TPSA) is 34.1 Å². The van der Waals surface area contributed by atoms with Gasteiger partial charge >= 0.3 is 6.18 Å². The third-order valence-electron chi connectivity index (χ3n) is 4.57. The van der Waals surface area contributed by atoms with Crippen LogP contribution < -0.4 is 10.1 Å². The number of halogens is 7. The first-order valence-corrected chi connectivity index (χ1v) is 7.65. The van der Waals surface area contributed by atoms with E-state index in [0.717, 1.165) is 26.3 Å². The van der Waals surface area contributed by atoms with Crippen LogP contribution in [0.5, 0.6) is 5.88 Å². The minimum atomic E-state index is -4.70. The molecule has 0 radical (unpaired) electrons. The zero-order valence-electron chi connectivity index (χ0n) is 14.6. The molecule has 0 bridgehead atoms. The summed E-state index contributed by atoms with van der Waals surface area (Å²) in [5.41, 5.74) is -1.87. The maximum Gasteiger partial charge on any atom is 0.433 e. The van der Waals surface area contributed by atoms with Crippen LogP contribution in [0, 0.1) is 11.3 Å². The van der Waals surface area contributed by atoms with Crippen LogP contribution >= 0.6 is 0 Å². The average molecular weight is 390 g/mol. The van der Waals surface area contributed by atoms with E-state index < -0.39 is 35.2 Å². The van der Waals surface area contributed by atoms with Gasteiger partial charge in [-0.3, -0.25) is 8.78 Å². The molecule has 10 heteroatoms. The van der Waals surface area contributed by atoms with E-state index in [9.17, 15) is 30.7 Å². The van der Waals surface area contributed by atoms with Gasteiger partial charge in [0.15, 0.2) is 0 Å². The molecule has 0 aromatic carbocycles. The zero-order valence-corrected chi connectivity index (χ0v) is 14.6. The molecular formula is C16H21F7N2O. The molecule has 3 rings (SSSR count). The number of aromatic nitrogens is 1. The minimum absolute atomic E-state index is 0.0549. The number of nitrogens with zero attached hydrogens (tertiary/aromatic N) is 1. The maximum absolute atomic E-state index is 14.6. The summed E-state index contributed by atoms with van der Waals surface area (Å²) in [7, 11) is 2.04. The lowest BCUT2D eigenvalue weighted by Crippen LogP contribution is -2.62. The lowest BCUT2D eigenvalue weighted by atomic mass is 9.56. The summed E-state index contributed by atoms with van der Waals surface area (Å²) in [5.74, 6) is -4.79. The molecule has 26 heavy (non-hydrogen) atoms. The second kappa shape index (κ2) is 8.41. The summed E-state index contributed by atoms with van der Waals surface area (Å²) in [5, 5.41) is 3.06. The number of rotatable bonds is 3. The van der Waals surface area contributed by atoms with Crippen LogP contribution in [0.4, 0.5) is 30.7 Å². The highest BCUT2D eigenvalue weighted by Crippen LogP contribution is 2.58. The molecule has 0 atom stereocenters. The smallest absolute Gasteiger partial charge is 0.433 e. The summed E-state index contributed by atoms with van der Waals surface area (Å²) in [4.78, 5) is 3.20. The van der Waals surface area contributed by atoms with Crippen molar-refractivity contribution < 1.29 is 35.5 Å². The highest BCUT2D eigenvalue weighted by atomic mass is 19.4. The molecule has 0 unspecified atom stereocenters. The third kappa shape index (κ3) is 4.21.